The van der Waals surface area contributed by atoms with Crippen molar-refractivity contribution in [2.24, 2.45) is 5.41 Å². The monoisotopic (exact) mass is 246 g/mol. The Bertz CT molecular complexity index is 192. The Balaban J connectivity index is 0. The van der Waals surface area contributed by atoms with Crippen LogP contribution >= 0.6 is 0 Å². The standard InChI is InChI=1S/C11H24N2O2.C2H6/c1-11(2,6-8-13(3)4)10(14)12-7-9-15-5;1-2/h6-9H2,1-5H3,(H,12,14);1-2H3. The number of hydrogen-bond donors (Lipinski definition) is 1. The third-order valence-corrected chi connectivity index (χ3v) is 2.39. The molecule has 0 rings (SSSR count). The Morgan fingerprint density at radius 2 is 1.82 bits per heavy atom. The van der Waals surface area contributed by atoms with E-state index in [1.807, 2.05) is 41.8 Å². The summed E-state index contributed by atoms with van der Waals surface area (Å²) in [5.74, 6) is 0.0985. The highest BCUT2D eigenvalue weighted by Gasteiger charge is 2.26. The predicted molar refractivity (Wildman–Crippen MR) is 73.2 cm³/mol. The lowest BCUT2D eigenvalue weighted by molar-refractivity contribution is -0.130. The molecule has 0 saturated heterocycles. The van der Waals surface area contributed by atoms with Crippen LogP contribution in [-0.4, -0.2) is 51.7 Å². The Morgan fingerprint density at radius 3 is 2.24 bits per heavy atom. The third-order valence-electron chi connectivity index (χ3n) is 2.39. The van der Waals surface area contributed by atoms with Gasteiger partial charge in [0.05, 0.1) is 6.61 Å². The number of carbonyl (C=O) groups excluding carboxylic acids is 1. The topological polar surface area (TPSA) is 41.6 Å². The van der Waals surface area contributed by atoms with Gasteiger partial charge < -0.3 is 15.0 Å². The van der Waals surface area contributed by atoms with E-state index in [9.17, 15) is 4.79 Å². The second-order valence-corrected chi connectivity index (χ2v) is 4.69. The zero-order chi connectivity index (χ0) is 13.9. The van der Waals surface area contributed by atoms with Crippen molar-refractivity contribution in [1.82, 2.24) is 10.2 Å². The first kappa shape index (κ1) is 18.7. The second kappa shape index (κ2) is 10.5. The van der Waals surface area contributed by atoms with Crippen molar-refractivity contribution in [2.45, 2.75) is 34.1 Å². The number of carbonyl (C=O) groups is 1. The molecular weight excluding hydrogens is 216 g/mol. The number of methoxy groups -OCH3 is 1. The molecule has 1 N–H and O–H groups in total. The fraction of sp³-hybridized carbons (Fsp3) is 0.923. The minimum atomic E-state index is -0.308. The molecule has 0 heterocycles. The number of nitrogens with one attached hydrogen (secondary N) is 1. The maximum Gasteiger partial charge on any atom is 0.225 e. The number of ether oxygens (including phenoxy) is 1. The van der Waals surface area contributed by atoms with E-state index in [1.165, 1.54) is 0 Å². The maximum atomic E-state index is 11.8. The fourth-order valence-corrected chi connectivity index (χ4v) is 1.12. The van der Waals surface area contributed by atoms with E-state index < -0.39 is 0 Å². The number of hydrogen-bond acceptors (Lipinski definition) is 3. The van der Waals surface area contributed by atoms with Gasteiger partial charge in [-0.3, -0.25) is 4.79 Å². The molecule has 0 aliphatic heterocycles. The van der Waals surface area contributed by atoms with Gasteiger partial charge in [0.25, 0.3) is 0 Å². The van der Waals surface area contributed by atoms with E-state index in [-0.39, 0.29) is 11.3 Å². The minimum absolute atomic E-state index is 0.0985. The number of rotatable bonds is 7. The van der Waals surface area contributed by atoms with Gasteiger partial charge in [0, 0.05) is 19.1 Å². The Labute approximate surface area is 107 Å². The molecule has 0 bridgehead atoms. The molecule has 0 aromatic carbocycles. The Kier molecular flexibility index (Phi) is 11.6. The van der Waals surface area contributed by atoms with E-state index in [0.29, 0.717) is 13.2 Å². The molecule has 0 aromatic rings. The SMILES string of the molecule is CC.COCCNC(=O)C(C)(C)CCN(C)C. The summed E-state index contributed by atoms with van der Waals surface area (Å²) in [6.45, 7) is 10.0. The molecule has 0 fully saturated rings. The maximum absolute atomic E-state index is 11.8. The number of nitrogens with zero attached hydrogens (tertiary/aromatic N) is 1. The average Bonchev–Trinajstić information content (AvgIpc) is 2.29. The second-order valence-electron chi connectivity index (χ2n) is 4.69. The van der Waals surface area contributed by atoms with Crippen molar-refractivity contribution in [3.8, 4) is 0 Å². The molecule has 104 valence electrons. The van der Waals surface area contributed by atoms with Gasteiger partial charge in [0.2, 0.25) is 5.91 Å². The van der Waals surface area contributed by atoms with Crippen LogP contribution in [0.15, 0.2) is 0 Å². The molecule has 0 radical (unpaired) electrons. The highest BCUT2D eigenvalue weighted by Crippen LogP contribution is 2.20. The first-order valence-electron chi connectivity index (χ1n) is 6.32. The minimum Gasteiger partial charge on any atom is -0.383 e. The molecule has 0 unspecified atom stereocenters. The zero-order valence-electron chi connectivity index (χ0n) is 12.6. The van der Waals surface area contributed by atoms with Crippen molar-refractivity contribution in [2.75, 3.05) is 40.9 Å². The van der Waals surface area contributed by atoms with Gasteiger partial charge in [0.1, 0.15) is 0 Å². The predicted octanol–water partition coefficient (Wildman–Crippen LogP) is 1.75. The van der Waals surface area contributed by atoms with Crippen LogP contribution in [-0.2, 0) is 9.53 Å². The largest absolute Gasteiger partial charge is 0.383 e. The molecule has 4 nitrogen and oxygen atoms in total. The van der Waals surface area contributed by atoms with E-state index in [1.54, 1.807) is 7.11 Å². The molecule has 0 aliphatic rings. The van der Waals surface area contributed by atoms with Crippen LogP contribution in [0.2, 0.25) is 0 Å². The van der Waals surface area contributed by atoms with Crippen molar-refractivity contribution >= 4 is 5.91 Å². The summed E-state index contributed by atoms with van der Waals surface area (Å²) < 4.78 is 4.88. The fourth-order valence-electron chi connectivity index (χ4n) is 1.12. The van der Waals surface area contributed by atoms with Crippen LogP contribution in [0.4, 0.5) is 0 Å². The molecular formula is C13H30N2O2. The van der Waals surface area contributed by atoms with Gasteiger partial charge in [-0.2, -0.15) is 0 Å². The highest BCUT2D eigenvalue weighted by molar-refractivity contribution is 5.81. The van der Waals surface area contributed by atoms with Crippen LogP contribution in [0, 0.1) is 5.41 Å². The summed E-state index contributed by atoms with van der Waals surface area (Å²) in [5, 5.41) is 2.87. The van der Waals surface area contributed by atoms with Crippen molar-refractivity contribution in [1.29, 1.82) is 0 Å². The van der Waals surface area contributed by atoms with Crippen molar-refractivity contribution in [3.05, 3.63) is 0 Å². The van der Waals surface area contributed by atoms with Crippen molar-refractivity contribution in [3.63, 3.8) is 0 Å². The quantitative estimate of drug-likeness (QED) is 0.696. The lowest BCUT2D eigenvalue weighted by atomic mass is 9.88. The lowest BCUT2D eigenvalue weighted by Crippen LogP contribution is -2.40. The first-order chi connectivity index (χ1) is 7.90. The summed E-state index contributed by atoms with van der Waals surface area (Å²) in [6, 6.07) is 0. The average molecular weight is 246 g/mol. The van der Waals surface area contributed by atoms with Crippen LogP contribution < -0.4 is 5.32 Å². The third kappa shape index (κ3) is 10.3. The lowest BCUT2D eigenvalue weighted by Gasteiger charge is -2.25. The van der Waals surface area contributed by atoms with E-state index in [0.717, 1.165) is 13.0 Å². The highest BCUT2D eigenvalue weighted by atomic mass is 16.5. The van der Waals surface area contributed by atoms with Crippen LogP contribution in [0.3, 0.4) is 0 Å². The summed E-state index contributed by atoms with van der Waals surface area (Å²) in [4.78, 5) is 13.9. The van der Waals surface area contributed by atoms with Crippen molar-refractivity contribution < 1.29 is 9.53 Å². The Morgan fingerprint density at radius 1 is 1.29 bits per heavy atom. The zero-order valence-corrected chi connectivity index (χ0v) is 12.6. The van der Waals surface area contributed by atoms with Gasteiger partial charge in [-0.05, 0) is 27.1 Å². The van der Waals surface area contributed by atoms with Gasteiger partial charge >= 0.3 is 0 Å². The van der Waals surface area contributed by atoms with E-state index in [4.69, 9.17) is 4.74 Å². The molecule has 1 amide bonds. The smallest absolute Gasteiger partial charge is 0.225 e. The molecule has 0 atom stereocenters. The summed E-state index contributed by atoms with van der Waals surface area (Å²) in [7, 11) is 5.65. The van der Waals surface area contributed by atoms with E-state index >= 15 is 0 Å². The van der Waals surface area contributed by atoms with Crippen LogP contribution in [0.1, 0.15) is 34.1 Å². The van der Waals surface area contributed by atoms with Gasteiger partial charge in [-0.15, -0.1) is 0 Å². The first-order valence-corrected chi connectivity index (χ1v) is 6.32. The summed E-state index contributed by atoms with van der Waals surface area (Å²) in [6.07, 6.45) is 0.860. The number of amides is 1. The molecule has 0 aliphatic carbocycles. The molecule has 0 aromatic heterocycles. The summed E-state index contributed by atoms with van der Waals surface area (Å²) >= 11 is 0. The van der Waals surface area contributed by atoms with Crippen LogP contribution in [0.5, 0.6) is 0 Å². The molecule has 0 spiro atoms. The normalized spacial score (nSPS) is 10.8. The Hall–Kier alpha value is -0.610. The molecule has 17 heavy (non-hydrogen) atoms. The molecule has 0 saturated carbocycles. The van der Waals surface area contributed by atoms with Gasteiger partial charge in [-0.25, -0.2) is 0 Å². The van der Waals surface area contributed by atoms with E-state index in [2.05, 4.69) is 10.2 Å². The van der Waals surface area contributed by atoms with Crippen LogP contribution in [0.25, 0.3) is 0 Å². The van der Waals surface area contributed by atoms with Gasteiger partial charge in [0.15, 0.2) is 0 Å². The summed E-state index contributed by atoms with van der Waals surface area (Å²) in [5.41, 5.74) is -0.308. The molecule has 4 heteroatoms. The van der Waals surface area contributed by atoms with Gasteiger partial charge in [-0.1, -0.05) is 27.7 Å².